The van der Waals surface area contributed by atoms with Gasteiger partial charge in [0, 0.05) is 31.4 Å². The smallest absolute Gasteiger partial charge is 0.356 e. The second-order valence-corrected chi connectivity index (χ2v) is 7.65. The number of nitrogens with one attached hydrogen (secondary N) is 3. The van der Waals surface area contributed by atoms with Gasteiger partial charge in [-0.2, -0.15) is 18.3 Å². The van der Waals surface area contributed by atoms with E-state index in [2.05, 4.69) is 37.7 Å². The Balaban J connectivity index is 1.50. The zero-order valence-electron chi connectivity index (χ0n) is 16.8. The van der Waals surface area contributed by atoms with Gasteiger partial charge in [0.25, 0.3) is 0 Å². The molecule has 11 heteroatoms. The number of rotatable bonds is 4. The van der Waals surface area contributed by atoms with E-state index >= 15 is 0 Å². The van der Waals surface area contributed by atoms with E-state index in [0.717, 1.165) is 18.9 Å². The van der Waals surface area contributed by atoms with E-state index in [9.17, 15) is 18.0 Å². The fourth-order valence-electron chi connectivity index (χ4n) is 3.57. The predicted molar refractivity (Wildman–Crippen MR) is 110 cm³/mol. The van der Waals surface area contributed by atoms with Crippen LogP contribution in [0.1, 0.15) is 31.0 Å². The molecule has 1 saturated heterocycles. The number of anilines is 2. The highest BCUT2D eigenvalue weighted by molar-refractivity contribution is 5.98. The number of halogens is 3. The molecule has 0 aromatic carbocycles. The number of aromatic amines is 1. The first-order valence-electron chi connectivity index (χ1n) is 9.96. The third-order valence-electron chi connectivity index (χ3n) is 5.37. The monoisotopic (exact) mass is 433 g/mol. The van der Waals surface area contributed by atoms with E-state index in [1.807, 2.05) is 4.90 Å². The standard InChI is InChI=1S/C20H22F3N7O/c1-12-5-8-30(9-6-12)18-13(2-3-16(28-18)20(21,22)23)10-25-19(31)27-15-4-7-24-17-14(15)11-26-29-17/h2-4,7,11-12H,5-6,8-10H2,1H3,(H3,24,25,26,27,29,31). The van der Waals surface area contributed by atoms with Gasteiger partial charge in [0.15, 0.2) is 5.65 Å². The Kier molecular flexibility index (Phi) is 5.66. The van der Waals surface area contributed by atoms with Crippen LogP contribution in [-0.4, -0.2) is 39.3 Å². The van der Waals surface area contributed by atoms with Gasteiger partial charge >= 0.3 is 12.2 Å². The van der Waals surface area contributed by atoms with Crippen LogP contribution < -0.4 is 15.5 Å². The van der Waals surface area contributed by atoms with Crippen LogP contribution in [0.2, 0.25) is 0 Å². The fourth-order valence-corrected chi connectivity index (χ4v) is 3.57. The molecule has 0 saturated carbocycles. The Morgan fingerprint density at radius 3 is 2.77 bits per heavy atom. The van der Waals surface area contributed by atoms with Gasteiger partial charge in [-0.15, -0.1) is 0 Å². The Morgan fingerprint density at radius 1 is 1.26 bits per heavy atom. The molecule has 4 heterocycles. The number of amides is 2. The second kappa shape index (κ2) is 8.40. The zero-order valence-corrected chi connectivity index (χ0v) is 16.8. The summed E-state index contributed by atoms with van der Waals surface area (Å²) < 4.78 is 39.6. The molecular formula is C20H22F3N7O. The van der Waals surface area contributed by atoms with E-state index in [4.69, 9.17) is 0 Å². The normalized spacial score (nSPS) is 15.3. The summed E-state index contributed by atoms with van der Waals surface area (Å²) in [4.78, 5) is 22.3. The Bertz CT molecular complexity index is 1070. The number of piperidine rings is 1. The molecule has 3 N–H and O–H groups in total. The summed E-state index contributed by atoms with van der Waals surface area (Å²) in [6.07, 6.45) is 0.319. The van der Waals surface area contributed by atoms with Crippen molar-refractivity contribution in [2.75, 3.05) is 23.3 Å². The lowest BCUT2D eigenvalue weighted by Gasteiger charge is -2.33. The van der Waals surface area contributed by atoms with Crippen LogP contribution in [0, 0.1) is 5.92 Å². The minimum absolute atomic E-state index is 0.0397. The minimum atomic E-state index is -4.53. The van der Waals surface area contributed by atoms with Gasteiger partial charge in [0.1, 0.15) is 11.5 Å². The van der Waals surface area contributed by atoms with Crippen molar-refractivity contribution in [2.24, 2.45) is 5.92 Å². The van der Waals surface area contributed by atoms with Crippen LogP contribution in [-0.2, 0) is 12.7 Å². The van der Waals surface area contributed by atoms with Gasteiger partial charge in [-0.25, -0.2) is 14.8 Å². The van der Waals surface area contributed by atoms with E-state index < -0.39 is 17.9 Å². The van der Waals surface area contributed by atoms with Gasteiger partial charge in [0.05, 0.1) is 17.3 Å². The molecular weight excluding hydrogens is 411 g/mol. The first-order chi connectivity index (χ1) is 14.8. The van der Waals surface area contributed by atoms with Crippen molar-refractivity contribution in [1.82, 2.24) is 25.5 Å². The molecule has 1 aliphatic rings. The molecule has 31 heavy (non-hydrogen) atoms. The maximum absolute atomic E-state index is 13.2. The molecule has 164 valence electrons. The van der Waals surface area contributed by atoms with Crippen molar-refractivity contribution >= 4 is 28.6 Å². The Morgan fingerprint density at radius 2 is 2.03 bits per heavy atom. The van der Waals surface area contributed by atoms with E-state index in [1.54, 1.807) is 12.3 Å². The van der Waals surface area contributed by atoms with Crippen LogP contribution in [0.25, 0.3) is 11.0 Å². The SMILES string of the molecule is CC1CCN(c2nc(C(F)(F)F)ccc2CNC(=O)Nc2ccnc3[nH]ncc23)CC1. The summed E-state index contributed by atoms with van der Waals surface area (Å²) in [6, 6.07) is 3.47. The Labute approximate surface area is 176 Å². The average molecular weight is 433 g/mol. The van der Waals surface area contributed by atoms with Crippen molar-refractivity contribution in [1.29, 1.82) is 0 Å². The quantitative estimate of drug-likeness (QED) is 0.579. The van der Waals surface area contributed by atoms with Crippen LogP contribution in [0.3, 0.4) is 0 Å². The van der Waals surface area contributed by atoms with E-state index in [1.165, 1.54) is 12.3 Å². The molecule has 3 aromatic heterocycles. The largest absolute Gasteiger partial charge is 0.433 e. The fraction of sp³-hybridized carbons (Fsp3) is 0.400. The maximum Gasteiger partial charge on any atom is 0.433 e. The average Bonchev–Trinajstić information content (AvgIpc) is 3.22. The number of hydrogen-bond donors (Lipinski definition) is 3. The molecule has 4 rings (SSSR count). The first-order valence-corrected chi connectivity index (χ1v) is 9.96. The minimum Gasteiger partial charge on any atom is -0.356 e. The van der Waals surface area contributed by atoms with E-state index in [0.29, 0.717) is 41.3 Å². The molecule has 8 nitrogen and oxygen atoms in total. The van der Waals surface area contributed by atoms with Crippen LogP contribution >= 0.6 is 0 Å². The Hall–Kier alpha value is -3.37. The molecule has 0 bridgehead atoms. The number of nitrogens with zero attached hydrogens (tertiary/aromatic N) is 4. The molecule has 3 aromatic rings. The van der Waals surface area contributed by atoms with Gasteiger partial charge < -0.3 is 15.5 Å². The van der Waals surface area contributed by atoms with Crippen molar-refractivity contribution in [3.05, 3.63) is 41.9 Å². The van der Waals surface area contributed by atoms with Gasteiger partial charge in [-0.1, -0.05) is 13.0 Å². The van der Waals surface area contributed by atoms with Crippen molar-refractivity contribution in [2.45, 2.75) is 32.5 Å². The van der Waals surface area contributed by atoms with E-state index in [-0.39, 0.29) is 12.4 Å². The maximum atomic E-state index is 13.2. The molecule has 0 spiro atoms. The number of carbonyl (C=O) groups excluding carboxylic acids is 1. The third-order valence-corrected chi connectivity index (χ3v) is 5.37. The third kappa shape index (κ3) is 4.70. The number of alkyl halides is 3. The summed E-state index contributed by atoms with van der Waals surface area (Å²) in [7, 11) is 0. The topological polar surface area (TPSA) is 98.8 Å². The molecule has 0 aliphatic carbocycles. The summed E-state index contributed by atoms with van der Waals surface area (Å²) in [5, 5.41) is 12.7. The zero-order chi connectivity index (χ0) is 22.0. The highest BCUT2D eigenvalue weighted by atomic mass is 19.4. The number of pyridine rings is 2. The number of fused-ring (bicyclic) bond motifs is 1. The van der Waals surface area contributed by atoms with Crippen LogP contribution in [0.5, 0.6) is 0 Å². The van der Waals surface area contributed by atoms with Crippen molar-refractivity contribution in [3.63, 3.8) is 0 Å². The summed E-state index contributed by atoms with van der Waals surface area (Å²) in [6.45, 7) is 3.42. The van der Waals surface area contributed by atoms with Crippen LogP contribution in [0.4, 0.5) is 29.5 Å². The number of H-pyrrole nitrogens is 1. The molecule has 0 atom stereocenters. The number of aromatic nitrogens is 4. The highest BCUT2D eigenvalue weighted by Gasteiger charge is 2.34. The lowest BCUT2D eigenvalue weighted by Crippen LogP contribution is -2.35. The second-order valence-electron chi connectivity index (χ2n) is 7.65. The summed E-state index contributed by atoms with van der Waals surface area (Å²) >= 11 is 0. The summed E-state index contributed by atoms with van der Waals surface area (Å²) in [5.41, 5.74) is 0.646. The van der Waals surface area contributed by atoms with Crippen molar-refractivity contribution < 1.29 is 18.0 Å². The summed E-state index contributed by atoms with van der Waals surface area (Å²) in [5.74, 6) is 0.790. The molecule has 1 fully saturated rings. The lowest BCUT2D eigenvalue weighted by atomic mass is 9.99. The number of carbonyl (C=O) groups is 1. The number of urea groups is 1. The molecule has 0 unspecified atom stereocenters. The lowest BCUT2D eigenvalue weighted by molar-refractivity contribution is -0.141. The van der Waals surface area contributed by atoms with Crippen molar-refractivity contribution in [3.8, 4) is 0 Å². The molecule has 1 aliphatic heterocycles. The predicted octanol–water partition coefficient (Wildman–Crippen LogP) is 3.93. The molecule has 2 amide bonds. The number of hydrogen-bond acceptors (Lipinski definition) is 5. The van der Waals surface area contributed by atoms with Gasteiger partial charge in [-0.3, -0.25) is 5.10 Å². The first kappa shape index (κ1) is 20.9. The van der Waals surface area contributed by atoms with Gasteiger partial charge in [0.2, 0.25) is 0 Å². The van der Waals surface area contributed by atoms with Crippen LogP contribution in [0.15, 0.2) is 30.6 Å². The highest BCUT2D eigenvalue weighted by Crippen LogP contribution is 2.32. The van der Waals surface area contributed by atoms with Gasteiger partial charge in [-0.05, 0) is 30.9 Å². The molecule has 0 radical (unpaired) electrons.